The van der Waals surface area contributed by atoms with Gasteiger partial charge >= 0.3 is 0 Å². The van der Waals surface area contributed by atoms with Crippen molar-refractivity contribution in [2.45, 2.75) is 39.3 Å². The number of halogens is 1. The van der Waals surface area contributed by atoms with Crippen LogP contribution < -0.4 is 5.32 Å². The molecule has 156 valence electrons. The van der Waals surface area contributed by atoms with Gasteiger partial charge in [-0.3, -0.25) is 14.6 Å². The zero-order valence-electron chi connectivity index (χ0n) is 17.6. The van der Waals surface area contributed by atoms with Gasteiger partial charge in [0.1, 0.15) is 0 Å². The lowest BCUT2D eigenvalue weighted by Crippen LogP contribution is -2.43. The number of thiophene rings is 1. The second-order valence-corrected chi connectivity index (χ2v) is 8.59. The molecule has 0 fully saturated rings. The summed E-state index contributed by atoms with van der Waals surface area (Å²) >= 11 is 1.89. The number of hydrogen-bond acceptors (Lipinski definition) is 4. The first-order valence-corrected chi connectivity index (χ1v) is 10.6. The van der Waals surface area contributed by atoms with Gasteiger partial charge < -0.3 is 10.2 Å². The van der Waals surface area contributed by atoms with E-state index in [1.165, 1.54) is 23.2 Å². The lowest BCUT2D eigenvalue weighted by atomic mass is 10.1. The summed E-state index contributed by atoms with van der Waals surface area (Å²) in [5.74, 6) is 1.35. The van der Waals surface area contributed by atoms with Gasteiger partial charge in [-0.1, -0.05) is 13.8 Å². The van der Waals surface area contributed by atoms with E-state index >= 15 is 0 Å². The maximum absolute atomic E-state index is 4.61. The minimum Gasteiger partial charge on any atom is -0.355 e. The van der Waals surface area contributed by atoms with Gasteiger partial charge in [0, 0.05) is 70.5 Å². The highest BCUT2D eigenvalue weighted by atomic mass is 127. The minimum absolute atomic E-state index is 0. The van der Waals surface area contributed by atoms with Crippen LogP contribution >= 0.6 is 35.3 Å². The predicted molar refractivity (Wildman–Crippen MR) is 129 cm³/mol. The van der Waals surface area contributed by atoms with Gasteiger partial charge in [-0.05, 0) is 29.3 Å². The summed E-state index contributed by atoms with van der Waals surface area (Å²) in [4.78, 5) is 10.7. The van der Waals surface area contributed by atoms with Crippen molar-refractivity contribution in [2.24, 2.45) is 12.0 Å². The number of aromatic nitrogens is 2. The molecule has 0 radical (unpaired) electrons. The quantitative estimate of drug-likeness (QED) is 0.364. The van der Waals surface area contributed by atoms with Crippen LogP contribution in [0.3, 0.4) is 0 Å². The van der Waals surface area contributed by atoms with Gasteiger partial charge in [0.2, 0.25) is 0 Å². The van der Waals surface area contributed by atoms with Crippen LogP contribution in [0.1, 0.15) is 41.5 Å². The molecule has 0 unspecified atom stereocenters. The smallest absolute Gasteiger partial charge is 0.193 e. The van der Waals surface area contributed by atoms with E-state index in [1.807, 2.05) is 30.1 Å². The third kappa shape index (κ3) is 5.70. The molecular formula is C20H33IN6S. The maximum Gasteiger partial charge on any atom is 0.193 e. The summed E-state index contributed by atoms with van der Waals surface area (Å²) in [6.45, 7) is 9.35. The van der Waals surface area contributed by atoms with Gasteiger partial charge in [0.05, 0.1) is 5.69 Å². The molecule has 0 saturated heterocycles. The molecule has 0 bridgehead atoms. The Bertz CT molecular complexity index is 782. The molecule has 0 amide bonds. The molecule has 2 aromatic heterocycles. The summed E-state index contributed by atoms with van der Waals surface area (Å²) in [5.41, 5.74) is 3.93. The molecule has 0 spiro atoms. The molecule has 0 saturated carbocycles. The monoisotopic (exact) mass is 516 g/mol. The first-order valence-electron chi connectivity index (χ1n) is 9.69. The minimum atomic E-state index is 0. The van der Waals surface area contributed by atoms with Crippen molar-refractivity contribution in [3.63, 3.8) is 0 Å². The van der Waals surface area contributed by atoms with E-state index < -0.39 is 0 Å². The SMILES string of the molecule is CN=C(NCCN1CCc2sccc2C1)N(C)Cc1cn(C)nc1C(C)C.I. The Hall–Kier alpha value is -1.13. The van der Waals surface area contributed by atoms with Crippen LogP contribution in [0.4, 0.5) is 0 Å². The number of nitrogens with one attached hydrogen (secondary N) is 1. The number of aryl methyl sites for hydroxylation is 1. The fraction of sp³-hybridized carbons (Fsp3) is 0.600. The highest BCUT2D eigenvalue weighted by Crippen LogP contribution is 2.23. The third-order valence-electron chi connectivity index (χ3n) is 5.06. The molecule has 1 aliphatic heterocycles. The van der Waals surface area contributed by atoms with E-state index in [-0.39, 0.29) is 24.0 Å². The number of aliphatic imine (C=N–C) groups is 1. The lowest BCUT2D eigenvalue weighted by Gasteiger charge is -2.28. The summed E-state index contributed by atoms with van der Waals surface area (Å²) in [5, 5.41) is 10.3. The standard InChI is InChI=1S/C20H32N6S.HI/c1-15(2)19-17(13-25(5)23-19)12-24(4)20(21-3)22-8-10-26-9-6-18-16(14-26)7-11-27-18;/h7,11,13,15H,6,8-10,12,14H2,1-5H3,(H,21,22);1H. The second-order valence-electron chi connectivity index (χ2n) is 7.59. The van der Waals surface area contributed by atoms with E-state index in [2.05, 4.69) is 63.7 Å². The summed E-state index contributed by atoms with van der Waals surface area (Å²) in [7, 11) is 5.93. The lowest BCUT2D eigenvalue weighted by molar-refractivity contribution is 0.259. The van der Waals surface area contributed by atoms with Crippen LogP contribution in [0.2, 0.25) is 0 Å². The van der Waals surface area contributed by atoms with E-state index in [0.717, 1.165) is 38.7 Å². The molecule has 8 heteroatoms. The first kappa shape index (κ1) is 23.2. The Kier molecular flexibility index (Phi) is 8.76. The van der Waals surface area contributed by atoms with E-state index in [9.17, 15) is 0 Å². The van der Waals surface area contributed by atoms with Crippen LogP contribution in [-0.2, 0) is 26.6 Å². The zero-order valence-corrected chi connectivity index (χ0v) is 20.8. The van der Waals surface area contributed by atoms with Crippen molar-refractivity contribution >= 4 is 41.3 Å². The van der Waals surface area contributed by atoms with Crippen LogP contribution in [0.5, 0.6) is 0 Å². The molecular weight excluding hydrogens is 483 g/mol. The van der Waals surface area contributed by atoms with Crippen LogP contribution in [-0.4, -0.2) is 59.3 Å². The summed E-state index contributed by atoms with van der Waals surface area (Å²) < 4.78 is 1.91. The van der Waals surface area contributed by atoms with Crippen LogP contribution in [0.25, 0.3) is 0 Å². The Morgan fingerprint density at radius 3 is 2.93 bits per heavy atom. The molecule has 28 heavy (non-hydrogen) atoms. The van der Waals surface area contributed by atoms with Gasteiger partial charge in [-0.2, -0.15) is 5.10 Å². The molecule has 0 atom stereocenters. The van der Waals surface area contributed by atoms with Crippen LogP contribution in [0.15, 0.2) is 22.6 Å². The number of nitrogens with zero attached hydrogens (tertiary/aromatic N) is 5. The Morgan fingerprint density at radius 1 is 1.43 bits per heavy atom. The Labute approximate surface area is 190 Å². The van der Waals surface area contributed by atoms with Crippen molar-refractivity contribution < 1.29 is 0 Å². The molecule has 2 aromatic rings. The zero-order chi connectivity index (χ0) is 19.4. The van der Waals surface area contributed by atoms with Gasteiger partial charge in [-0.25, -0.2) is 0 Å². The van der Waals surface area contributed by atoms with Crippen molar-refractivity contribution in [3.8, 4) is 0 Å². The van der Waals surface area contributed by atoms with E-state index in [1.54, 1.807) is 4.88 Å². The fourth-order valence-electron chi connectivity index (χ4n) is 3.70. The van der Waals surface area contributed by atoms with Gasteiger partial charge in [0.15, 0.2) is 5.96 Å². The number of fused-ring (bicyclic) bond motifs is 1. The van der Waals surface area contributed by atoms with Gasteiger partial charge in [-0.15, -0.1) is 35.3 Å². The molecule has 6 nitrogen and oxygen atoms in total. The van der Waals surface area contributed by atoms with Crippen molar-refractivity contribution in [3.05, 3.63) is 39.3 Å². The van der Waals surface area contributed by atoms with Crippen LogP contribution in [0, 0.1) is 0 Å². The van der Waals surface area contributed by atoms with Crippen molar-refractivity contribution in [1.29, 1.82) is 0 Å². The molecule has 1 N–H and O–H groups in total. The highest BCUT2D eigenvalue weighted by molar-refractivity contribution is 14.0. The van der Waals surface area contributed by atoms with E-state index in [0.29, 0.717) is 5.92 Å². The molecule has 0 aromatic carbocycles. The van der Waals surface area contributed by atoms with Crippen molar-refractivity contribution in [2.75, 3.05) is 33.7 Å². The number of rotatable bonds is 6. The summed E-state index contributed by atoms with van der Waals surface area (Å²) in [6.07, 6.45) is 3.30. The fourth-order valence-corrected chi connectivity index (χ4v) is 4.59. The first-order chi connectivity index (χ1) is 13.0. The molecule has 3 rings (SSSR count). The number of guanidine groups is 1. The molecule has 0 aliphatic carbocycles. The Morgan fingerprint density at radius 2 is 2.21 bits per heavy atom. The average molecular weight is 516 g/mol. The van der Waals surface area contributed by atoms with E-state index in [4.69, 9.17) is 0 Å². The Balaban J connectivity index is 0.00000280. The average Bonchev–Trinajstić information content (AvgIpc) is 3.24. The molecule has 3 heterocycles. The van der Waals surface area contributed by atoms with Gasteiger partial charge in [0.25, 0.3) is 0 Å². The van der Waals surface area contributed by atoms with Crippen molar-refractivity contribution in [1.82, 2.24) is 24.9 Å². The number of hydrogen-bond donors (Lipinski definition) is 1. The predicted octanol–water partition coefficient (Wildman–Crippen LogP) is 3.29. The topological polar surface area (TPSA) is 48.7 Å². The molecule has 1 aliphatic rings. The largest absolute Gasteiger partial charge is 0.355 e. The third-order valence-corrected chi connectivity index (χ3v) is 6.09. The second kappa shape index (κ2) is 10.6. The highest BCUT2D eigenvalue weighted by Gasteiger charge is 2.18. The normalized spacial score (nSPS) is 14.7. The maximum atomic E-state index is 4.61. The summed E-state index contributed by atoms with van der Waals surface area (Å²) in [6, 6.07) is 2.27.